The summed E-state index contributed by atoms with van der Waals surface area (Å²) >= 11 is 1.43. The van der Waals surface area contributed by atoms with E-state index in [1.165, 1.54) is 22.3 Å². The maximum absolute atomic E-state index is 12.2. The summed E-state index contributed by atoms with van der Waals surface area (Å²) in [6.45, 7) is 3.78. The predicted molar refractivity (Wildman–Crippen MR) is 75.3 cm³/mol. The molecule has 106 valence electrons. The fourth-order valence-electron chi connectivity index (χ4n) is 1.88. The summed E-state index contributed by atoms with van der Waals surface area (Å²) in [6.07, 6.45) is 0. The van der Waals surface area contributed by atoms with Crippen LogP contribution >= 0.6 is 11.3 Å². The van der Waals surface area contributed by atoms with Crippen molar-refractivity contribution in [2.24, 2.45) is 0 Å². The summed E-state index contributed by atoms with van der Waals surface area (Å²) in [5, 5.41) is 8.96. The van der Waals surface area contributed by atoms with Crippen LogP contribution in [0.2, 0.25) is 0 Å². The molecule has 0 aliphatic carbocycles. The Bertz CT molecular complexity index is 656. The number of hydrogen-bond donors (Lipinski definition) is 1. The number of furan rings is 1. The molecule has 0 saturated heterocycles. The normalized spacial score (nSPS) is 10.6. The lowest BCUT2D eigenvalue weighted by Gasteiger charge is -2.14. The number of carbonyl (C=O) groups is 2. The first kappa shape index (κ1) is 14.3. The molecule has 0 aliphatic rings. The van der Waals surface area contributed by atoms with Crippen LogP contribution in [-0.4, -0.2) is 28.9 Å². The Labute approximate surface area is 120 Å². The van der Waals surface area contributed by atoms with E-state index in [9.17, 15) is 9.59 Å². The van der Waals surface area contributed by atoms with Crippen LogP contribution in [0.25, 0.3) is 0 Å². The van der Waals surface area contributed by atoms with Gasteiger partial charge in [0.05, 0.1) is 11.4 Å². The van der Waals surface area contributed by atoms with E-state index >= 15 is 0 Å². The van der Waals surface area contributed by atoms with Crippen molar-refractivity contribution in [3.63, 3.8) is 0 Å². The number of carboxylic acid groups (broad SMARTS) is 1. The van der Waals surface area contributed by atoms with Gasteiger partial charge in [0, 0.05) is 11.9 Å². The molecule has 1 amide bonds. The van der Waals surface area contributed by atoms with Crippen LogP contribution in [0.5, 0.6) is 0 Å². The Morgan fingerprint density at radius 2 is 2.05 bits per heavy atom. The molecule has 0 unspecified atom stereocenters. The Balaban J connectivity index is 2.11. The highest BCUT2D eigenvalue weighted by atomic mass is 32.1. The van der Waals surface area contributed by atoms with E-state index in [-0.39, 0.29) is 18.0 Å². The van der Waals surface area contributed by atoms with Crippen molar-refractivity contribution in [3.05, 3.63) is 45.0 Å². The summed E-state index contributed by atoms with van der Waals surface area (Å²) in [4.78, 5) is 26.3. The summed E-state index contributed by atoms with van der Waals surface area (Å²) in [5.74, 6) is -0.321. The average molecular weight is 293 g/mol. The number of aryl methyl sites for hydroxylation is 2. The quantitative estimate of drug-likeness (QED) is 0.941. The van der Waals surface area contributed by atoms with Crippen molar-refractivity contribution < 1.29 is 19.1 Å². The topological polar surface area (TPSA) is 70.8 Å². The number of nitrogens with zero attached hydrogens (tertiary/aromatic N) is 1. The Morgan fingerprint density at radius 1 is 1.35 bits per heavy atom. The summed E-state index contributed by atoms with van der Waals surface area (Å²) in [5.41, 5.74) is 0.132. The van der Waals surface area contributed by atoms with Crippen molar-refractivity contribution in [1.29, 1.82) is 0 Å². The molecule has 0 aliphatic heterocycles. The summed E-state index contributed by atoms with van der Waals surface area (Å²) in [6, 6.07) is 5.14. The van der Waals surface area contributed by atoms with Crippen LogP contribution in [0, 0.1) is 13.8 Å². The van der Waals surface area contributed by atoms with Crippen molar-refractivity contribution >= 4 is 23.2 Å². The molecule has 0 bridgehead atoms. The summed E-state index contributed by atoms with van der Waals surface area (Å²) in [7, 11) is 1.66. The van der Waals surface area contributed by atoms with Gasteiger partial charge >= 0.3 is 5.97 Å². The van der Waals surface area contributed by atoms with E-state index < -0.39 is 5.97 Å². The molecular formula is C14H15NO4S. The minimum Gasteiger partial charge on any atom is -0.478 e. The van der Waals surface area contributed by atoms with Crippen molar-refractivity contribution in [2.75, 3.05) is 7.05 Å². The molecule has 2 aromatic rings. The first-order valence-corrected chi connectivity index (χ1v) is 6.84. The highest BCUT2D eigenvalue weighted by Crippen LogP contribution is 2.20. The average Bonchev–Trinajstić information content (AvgIpc) is 2.94. The minimum absolute atomic E-state index is 0.103. The van der Waals surface area contributed by atoms with Crippen LogP contribution in [0.4, 0.5) is 0 Å². The van der Waals surface area contributed by atoms with E-state index in [0.29, 0.717) is 16.4 Å². The lowest BCUT2D eigenvalue weighted by atomic mass is 10.2. The maximum Gasteiger partial charge on any atom is 0.339 e. The van der Waals surface area contributed by atoms with Gasteiger partial charge in [-0.25, -0.2) is 4.79 Å². The van der Waals surface area contributed by atoms with E-state index in [0.717, 1.165) is 4.88 Å². The standard InChI is InChI=1S/C14H15NO4S/c1-8-4-5-12(20-8)13(16)15(3)7-10-6-11(14(17)18)9(2)19-10/h4-6H,7H2,1-3H3,(H,17,18). The van der Waals surface area contributed by atoms with Crippen LogP contribution in [0.15, 0.2) is 22.6 Å². The molecule has 5 nitrogen and oxygen atoms in total. The molecule has 2 heterocycles. The van der Waals surface area contributed by atoms with Crippen LogP contribution in [0.3, 0.4) is 0 Å². The molecule has 2 aromatic heterocycles. The van der Waals surface area contributed by atoms with E-state index in [1.54, 1.807) is 20.0 Å². The van der Waals surface area contributed by atoms with Gasteiger partial charge in [-0.3, -0.25) is 4.79 Å². The van der Waals surface area contributed by atoms with Crippen molar-refractivity contribution in [2.45, 2.75) is 20.4 Å². The third-order valence-corrected chi connectivity index (χ3v) is 3.88. The smallest absolute Gasteiger partial charge is 0.339 e. The highest BCUT2D eigenvalue weighted by molar-refractivity contribution is 7.13. The van der Waals surface area contributed by atoms with Gasteiger partial charge in [0.15, 0.2) is 0 Å². The van der Waals surface area contributed by atoms with Gasteiger partial charge in [0.2, 0.25) is 0 Å². The first-order valence-electron chi connectivity index (χ1n) is 6.03. The zero-order valence-corrected chi connectivity index (χ0v) is 12.3. The van der Waals surface area contributed by atoms with Gasteiger partial charge in [-0.2, -0.15) is 0 Å². The van der Waals surface area contributed by atoms with Gasteiger partial charge in [0.1, 0.15) is 17.1 Å². The van der Waals surface area contributed by atoms with Gasteiger partial charge in [-0.15, -0.1) is 11.3 Å². The Kier molecular flexibility index (Phi) is 3.94. The largest absolute Gasteiger partial charge is 0.478 e. The van der Waals surface area contributed by atoms with E-state index in [2.05, 4.69) is 0 Å². The summed E-state index contributed by atoms with van der Waals surface area (Å²) < 4.78 is 5.37. The van der Waals surface area contributed by atoms with Crippen LogP contribution < -0.4 is 0 Å². The molecule has 6 heteroatoms. The SMILES string of the molecule is Cc1ccc(C(=O)N(C)Cc2cc(C(=O)O)c(C)o2)s1. The molecule has 0 atom stereocenters. The van der Waals surface area contributed by atoms with Crippen molar-refractivity contribution in [3.8, 4) is 0 Å². The highest BCUT2D eigenvalue weighted by Gasteiger charge is 2.18. The second kappa shape index (κ2) is 5.50. The molecule has 0 fully saturated rings. The minimum atomic E-state index is -1.03. The number of rotatable bonds is 4. The van der Waals surface area contributed by atoms with Crippen molar-refractivity contribution in [1.82, 2.24) is 4.90 Å². The molecular weight excluding hydrogens is 278 g/mol. The molecule has 20 heavy (non-hydrogen) atoms. The molecule has 0 aromatic carbocycles. The Hall–Kier alpha value is -2.08. The third kappa shape index (κ3) is 2.91. The Morgan fingerprint density at radius 3 is 2.55 bits per heavy atom. The van der Waals surface area contributed by atoms with Crippen LogP contribution in [0.1, 0.15) is 36.4 Å². The van der Waals surface area contributed by atoms with E-state index in [4.69, 9.17) is 9.52 Å². The number of aromatic carboxylic acids is 1. The molecule has 2 rings (SSSR count). The number of amides is 1. The first-order chi connectivity index (χ1) is 9.38. The van der Waals surface area contributed by atoms with Gasteiger partial charge < -0.3 is 14.4 Å². The second-order valence-electron chi connectivity index (χ2n) is 4.56. The number of carbonyl (C=O) groups excluding carboxylic acids is 1. The number of hydrogen-bond acceptors (Lipinski definition) is 4. The molecule has 1 N–H and O–H groups in total. The maximum atomic E-state index is 12.2. The third-order valence-electron chi connectivity index (χ3n) is 2.89. The second-order valence-corrected chi connectivity index (χ2v) is 5.85. The monoisotopic (exact) mass is 293 g/mol. The van der Waals surface area contributed by atoms with Gasteiger partial charge in [0.25, 0.3) is 5.91 Å². The zero-order valence-electron chi connectivity index (χ0n) is 11.5. The predicted octanol–water partition coefficient (Wildman–Crippen LogP) is 2.93. The van der Waals surface area contributed by atoms with E-state index in [1.807, 2.05) is 13.0 Å². The molecule has 0 radical (unpaired) electrons. The molecule has 0 saturated carbocycles. The lowest BCUT2D eigenvalue weighted by molar-refractivity contribution is 0.0694. The number of thiophene rings is 1. The van der Waals surface area contributed by atoms with Gasteiger partial charge in [-0.1, -0.05) is 0 Å². The number of carboxylic acids is 1. The lowest BCUT2D eigenvalue weighted by Crippen LogP contribution is -2.25. The van der Waals surface area contributed by atoms with Gasteiger partial charge in [-0.05, 0) is 32.0 Å². The van der Waals surface area contributed by atoms with Crippen LogP contribution in [-0.2, 0) is 6.54 Å². The zero-order chi connectivity index (χ0) is 14.9. The fraction of sp³-hybridized carbons (Fsp3) is 0.286. The molecule has 0 spiro atoms. The fourth-order valence-corrected chi connectivity index (χ4v) is 2.74.